The third-order valence-corrected chi connectivity index (χ3v) is 8.28. The van der Waals surface area contributed by atoms with Crippen molar-refractivity contribution in [3.05, 3.63) is 94.5 Å². The zero-order chi connectivity index (χ0) is 30.8. The average molecular weight is 597 g/mol. The van der Waals surface area contributed by atoms with E-state index in [9.17, 15) is 0 Å². The highest BCUT2D eigenvalue weighted by atomic mass is 16.5. The molecule has 8 nitrogen and oxygen atoms in total. The van der Waals surface area contributed by atoms with Gasteiger partial charge >= 0.3 is 0 Å². The summed E-state index contributed by atoms with van der Waals surface area (Å²) in [6, 6.07) is 21.7. The van der Waals surface area contributed by atoms with Crippen LogP contribution in [0.5, 0.6) is 46.0 Å². The van der Waals surface area contributed by atoms with E-state index in [1.807, 2.05) is 54.6 Å². The maximum Gasteiger partial charge on any atom is 0.142 e. The van der Waals surface area contributed by atoms with Gasteiger partial charge in [-0.25, -0.2) is 0 Å². The Balaban J connectivity index is 1.48. The molecule has 2 heterocycles. The summed E-state index contributed by atoms with van der Waals surface area (Å²) >= 11 is 0. The minimum absolute atomic E-state index is 0.0931. The van der Waals surface area contributed by atoms with Gasteiger partial charge in [0.15, 0.2) is 0 Å². The number of ether oxygens (including phenoxy) is 8. The van der Waals surface area contributed by atoms with Crippen LogP contribution in [-0.2, 0) is 12.8 Å². The topological polar surface area (TPSA) is 73.8 Å². The van der Waals surface area contributed by atoms with Crippen molar-refractivity contribution in [1.29, 1.82) is 0 Å². The van der Waals surface area contributed by atoms with Crippen LogP contribution in [0.4, 0.5) is 0 Å². The van der Waals surface area contributed by atoms with Crippen LogP contribution in [0.1, 0.15) is 33.7 Å². The number of hydrogen-bond acceptors (Lipinski definition) is 8. The molecule has 2 aliphatic rings. The largest absolute Gasteiger partial charge is 0.497 e. The lowest BCUT2D eigenvalue weighted by Crippen LogP contribution is -2.20. The summed E-state index contributed by atoms with van der Waals surface area (Å²) in [4.78, 5) is 0. The Bertz CT molecular complexity index is 1720. The maximum atomic E-state index is 6.69. The van der Waals surface area contributed by atoms with Crippen molar-refractivity contribution < 1.29 is 37.9 Å². The molecule has 44 heavy (non-hydrogen) atoms. The molecule has 0 spiro atoms. The molecule has 4 aromatic carbocycles. The molecule has 0 amide bonds. The van der Waals surface area contributed by atoms with Crippen LogP contribution in [0.25, 0.3) is 11.3 Å². The predicted octanol–water partition coefficient (Wildman–Crippen LogP) is 6.96. The molecule has 0 saturated heterocycles. The van der Waals surface area contributed by atoms with Crippen molar-refractivity contribution in [2.45, 2.75) is 18.8 Å². The molecule has 0 radical (unpaired) electrons. The monoisotopic (exact) mass is 596 g/mol. The van der Waals surface area contributed by atoms with E-state index in [1.54, 1.807) is 42.7 Å². The Morgan fingerprint density at radius 1 is 0.568 bits per heavy atom. The predicted molar refractivity (Wildman–Crippen MR) is 168 cm³/mol. The molecule has 0 aromatic heterocycles. The van der Waals surface area contributed by atoms with Crippen LogP contribution in [0.3, 0.4) is 0 Å². The van der Waals surface area contributed by atoms with Crippen LogP contribution < -0.4 is 37.9 Å². The number of methoxy groups -OCH3 is 6. The van der Waals surface area contributed by atoms with E-state index in [0.29, 0.717) is 36.0 Å². The summed E-state index contributed by atoms with van der Waals surface area (Å²) < 4.78 is 46.9. The molecule has 0 N–H and O–H groups in total. The molecule has 0 bridgehead atoms. The summed E-state index contributed by atoms with van der Waals surface area (Å²) in [5, 5.41) is 0. The van der Waals surface area contributed by atoms with Crippen molar-refractivity contribution in [2.75, 3.05) is 49.3 Å². The molecular weight excluding hydrogens is 560 g/mol. The van der Waals surface area contributed by atoms with E-state index < -0.39 is 0 Å². The van der Waals surface area contributed by atoms with Gasteiger partial charge in [0, 0.05) is 53.3 Å². The molecular formula is C36H36O8. The van der Waals surface area contributed by atoms with Gasteiger partial charge in [-0.15, -0.1) is 0 Å². The first kappa shape index (κ1) is 29.1. The Morgan fingerprint density at radius 3 is 1.91 bits per heavy atom. The van der Waals surface area contributed by atoms with Crippen LogP contribution in [0.2, 0.25) is 0 Å². The third-order valence-electron chi connectivity index (χ3n) is 8.28. The molecule has 1 atom stereocenters. The minimum atomic E-state index is 0.0931. The molecule has 8 heteroatoms. The molecule has 2 aliphatic heterocycles. The van der Waals surface area contributed by atoms with Gasteiger partial charge in [0.1, 0.15) is 51.8 Å². The molecule has 228 valence electrons. The lowest BCUT2D eigenvalue weighted by atomic mass is 9.86. The molecule has 0 unspecified atom stereocenters. The van der Waals surface area contributed by atoms with E-state index in [2.05, 4.69) is 12.1 Å². The second kappa shape index (κ2) is 12.3. The van der Waals surface area contributed by atoms with E-state index >= 15 is 0 Å². The highest BCUT2D eigenvalue weighted by Crippen LogP contribution is 2.48. The van der Waals surface area contributed by atoms with Crippen molar-refractivity contribution in [3.8, 4) is 46.0 Å². The highest BCUT2D eigenvalue weighted by molar-refractivity contribution is 5.95. The molecule has 0 fully saturated rings. The second-order valence-electron chi connectivity index (χ2n) is 10.6. The average Bonchev–Trinajstić information content (AvgIpc) is 3.09. The fourth-order valence-corrected chi connectivity index (χ4v) is 5.94. The number of fused-ring (bicyclic) bond motifs is 2. The second-order valence-corrected chi connectivity index (χ2v) is 10.6. The Hall–Kier alpha value is -4.98. The van der Waals surface area contributed by atoms with E-state index in [0.717, 1.165) is 68.6 Å². The third kappa shape index (κ3) is 5.32. The molecule has 0 saturated carbocycles. The van der Waals surface area contributed by atoms with Gasteiger partial charge in [-0.05, 0) is 47.9 Å². The number of benzene rings is 4. The van der Waals surface area contributed by atoms with Gasteiger partial charge in [-0.1, -0.05) is 12.1 Å². The lowest BCUT2D eigenvalue weighted by Gasteiger charge is -2.30. The van der Waals surface area contributed by atoms with Crippen LogP contribution >= 0.6 is 0 Å². The van der Waals surface area contributed by atoms with Gasteiger partial charge < -0.3 is 37.9 Å². The quantitative estimate of drug-likeness (QED) is 0.205. The van der Waals surface area contributed by atoms with Crippen molar-refractivity contribution >= 4 is 11.3 Å². The first-order valence-corrected chi connectivity index (χ1v) is 14.4. The maximum absolute atomic E-state index is 6.69. The lowest BCUT2D eigenvalue weighted by molar-refractivity contribution is 0.257. The highest BCUT2D eigenvalue weighted by Gasteiger charge is 2.30. The normalized spacial score (nSPS) is 15.3. The molecule has 4 aromatic rings. The smallest absolute Gasteiger partial charge is 0.142 e. The Kier molecular flexibility index (Phi) is 8.15. The van der Waals surface area contributed by atoms with Gasteiger partial charge in [0.2, 0.25) is 0 Å². The van der Waals surface area contributed by atoms with Gasteiger partial charge in [-0.2, -0.15) is 0 Å². The summed E-state index contributed by atoms with van der Waals surface area (Å²) in [5.41, 5.74) is 5.87. The van der Waals surface area contributed by atoms with Crippen LogP contribution in [0, 0.1) is 0 Å². The minimum Gasteiger partial charge on any atom is -0.497 e. The molecule has 0 aliphatic carbocycles. The molecule has 6 rings (SSSR count). The first-order valence-electron chi connectivity index (χ1n) is 14.4. The van der Waals surface area contributed by atoms with E-state index in [4.69, 9.17) is 37.9 Å². The van der Waals surface area contributed by atoms with Crippen LogP contribution in [0.15, 0.2) is 66.7 Å². The van der Waals surface area contributed by atoms with Crippen molar-refractivity contribution in [1.82, 2.24) is 0 Å². The summed E-state index contributed by atoms with van der Waals surface area (Å²) in [6.07, 6.45) is 1.37. The fourth-order valence-electron chi connectivity index (χ4n) is 5.94. The fraction of sp³-hybridized carbons (Fsp3) is 0.278. The first-order chi connectivity index (χ1) is 21.5. The standard InChI is InChI=1S/C36H36O8/c1-37-24-8-7-21-14-30(36(44-32(21)16-24)28-12-10-26(39-3)18-34(28)41-5)29-15-22-13-23(20-43-31(22)19-35(29)42-6)27-11-9-25(38-2)17-33(27)40-4/h7-12,15-19,23H,13-14,20H2,1-6H3/t23-/m0/s1. The van der Waals surface area contributed by atoms with Gasteiger partial charge in [0.25, 0.3) is 0 Å². The number of allylic oxidation sites excluding steroid dienone is 1. The zero-order valence-corrected chi connectivity index (χ0v) is 25.8. The Labute approximate surface area is 257 Å². The van der Waals surface area contributed by atoms with Crippen LogP contribution in [-0.4, -0.2) is 49.3 Å². The Morgan fingerprint density at radius 2 is 1.20 bits per heavy atom. The summed E-state index contributed by atoms with van der Waals surface area (Å²) in [6.45, 7) is 0.521. The SMILES string of the molecule is COc1ccc2c(c1)OC(c1ccc(OC)cc1OC)=C(c1cc3c(cc1OC)OC[C@@H](c1ccc(OC)cc1OC)C3)C2. The van der Waals surface area contributed by atoms with E-state index in [1.165, 1.54) is 0 Å². The van der Waals surface area contributed by atoms with Crippen molar-refractivity contribution in [3.63, 3.8) is 0 Å². The van der Waals surface area contributed by atoms with Crippen molar-refractivity contribution in [2.24, 2.45) is 0 Å². The number of rotatable bonds is 9. The van der Waals surface area contributed by atoms with E-state index in [-0.39, 0.29) is 5.92 Å². The summed E-state index contributed by atoms with van der Waals surface area (Å²) in [7, 11) is 9.93. The summed E-state index contributed by atoms with van der Waals surface area (Å²) in [5.74, 6) is 6.57. The zero-order valence-electron chi connectivity index (χ0n) is 25.8. The van der Waals surface area contributed by atoms with Gasteiger partial charge in [-0.3, -0.25) is 0 Å². The van der Waals surface area contributed by atoms with Gasteiger partial charge in [0.05, 0.1) is 54.8 Å². The number of hydrogen-bond donors (Lipinski definition) is 0.